The molecule has 0 aromatic rings. The summed E-state index contributed by atoms with van der Waals surface area (Å²) < 4.78 is 5.26. The highest BCUT2D eigenvalue weighted by Gasteiger charge is 2.19. The lowest BCUT2D eigenvalue weighted by Crippen LogP contribution is -2.24. The van der Waals surface area contributed by atoms with Gasteiger partial charge in [0.2, 0.25) is 0 Å². The van der Waals surface area contributed by atoms with E-state index in [1.807, 2.05) is 11.8 Å². The van der Waals surface area contributed by atoms with Gasteiger partial charge in [0.15, 0.2) is 0 Å². The minimum Gasteiger partial charge on any atom is -0.559 e. The fourth-order valence-electron chi connectivity index (χ4n) is 1.23. The summed E-state index contributed by atoms with van der Waals surface area (Å²) in [6, 6.07) is 0.371. The number of hydrogen-bond acceptors (Lipinski definition) is 5. The molecule has 1 heterocycles. The summed E-state index contributed by atoms with van der Waals surface area (Å²) in [6.07, 6.45) is 4.23. The van der Waals surface area contributed by atoms with Crippen LogP contribution in [0.25, 0.3) is 0 Å². The Labute approximate surface area is 114 Å². The molecule has 1 fully saturated rings. The van der Waals surface area contributed by atoms with Crippen molar-refractivity contribution in [1.82, 2.24) is 0 Å². The molecule has 0 bridgehead atoms. The average molecular weight is 267 g/mol. The lowest BCUT2D eigenvalue weighted by Gasteiger charge is -2.21. The van der Waals surface area contributed by atoms with E-state index in [2.05, 4.69) is 11.6 Å². The van der Waals surface area contributed by atoms with Gasteiger partial charge in [-0.1, -0.05) is 6.58 Å². The van der Waals surface area contributed by atoms with Crippen LogP contribution in [-0.2, 0) is 4.65 Å². The van der Waals surface area contributed by atoms with Crippen LogP contribution in [0, 0.1) is 0 Å². The third-order valence-corrected chi connectivity index (χ3v) is 3.70. The molecule has 6 heteroatoms. The third-order valence-electron chi connectivity index (χ3n) is 2.55. The third kappa shape index (κ3) is 5.18. The van der Waals surface area contributed by atoms with E-state index >= 15 is 0 Å². The van der Waals surface area contributed by atoms with E-state index in [1.165, 1.54) is 19.4 Å². The van der Waals surface area contributed by atoms with Gasteiger partial charge in [-0.15, -0.1) is 0 Å². The number of allylic oxidation sites excluding steroid dienone is 1. The van der Waals surface area contributed by atoms with Crippen molar-refractivity contribution >= 4 is 25.5 Å². The van der Waals surface area contributed by atoms with Gasteiger partial charge in [-0.2, -0.15) is 11.8 Å². The molecule has 0 aliphatic carbocycles. The first-order valence-electron chi connectivity index (χ1n) is 5.88. The molecule has 1 rings (SSSR count). The van der Waals surface area contributed by atoms with E-state index in [-0.39, 0.29) is 5.76 Å². The van der Waals surface area contributed by atoms with Crippen molar-refractivity contribution in [3.63, 3.8) is 0 Å². The lowest BCUT2D eigenvalue weighted by atomic mass is 9.88. The van der Waals surface area contributed by atoms with E-state index in [4.69, 9.17) is 10.4 Å². The second-order valence-corrected chi connectivity index (χ2v) is 5.83. The summed E-state index contributed by atoms with van der Waals surface area (Å²) in [5.41, 5.74) is 5.08. The molecular formula is C12H20BN2O2S. The van der Waals surface area contributed by atoms with Crippen molar-refractivity contribution < 1.29 is 9.76 Å². The van der Waals surface area contributed by atoms with Gasteiger partial charge in [-0.25, -0.2) is 0 Å². The van der Waals surface area contributed by atoms with Gasteiger partial charge in [0, 0.05) is 12.0 Å². The van der Waals surface area contributed by atoms with E-state index in [0.717, 1.165) is 12.2 Å². The van der Waals surface area contributed by atoms with Crippen LogP contribution in [0.3, 0.4) is 0 Å². The first-order chi connectivity index (χ1) is 8.43. The molecule has 0 spiro atoms. The highest BCUT2D eigenvalue weighted by Crippen LogP contribution is 2.19. The highest BCUT2D eigenvalue weighted by atomic mass is 32.2. The van der Waals surface area contributed by atoms with Gasteiger partial charge in [-0.3, -0.25) is 4.99 Å². The average Bonchev–Trinajstić information content (AvgIpc) is 2.80. The summed E-state index contributed by atoms with van der Waals surface area (Å²) in [6.45, 7) is 6.87. The van der Waals surface area contributed by atoms with Crippen LogP contribution in [-0.4, -0.2) is 42.0 Å². The fourth-order valence-corrected chi connectivity index (χ4v) is 2.36. The highest BCUT2D eigenvalue weighted by molar-refractivity contribution is 7.99. The molecule has 1 aliphatic heterocycles. The van der Waals surface area contributed by atoms with E-state index in [1.54, 1.807) is 20.1 Å². The molecule has 1 aliphatic rings. The number of thioether (sulfide) groups is 1. The van der Waals surface area contributed by atoms with Crippen molar-refractivity contribution in [2.45, 2.75) is 31.9 Å². The van der Waals surface area contributed by atoms with Crippen LogP contribution in [0.2, 0.25) is 0 Å². The van der Waals surface area contributed by atoms with Gasteiger partial charge in [-0.05, 0) is 37.7 Å². The second-order valence-electron chi connectivity index (χ2n) is 4.68. The minimum atomic E-state index is -1.07. The van der Waals surface area contributed by atoms with Crippen molar-refractivity contribution in [2.24, 2.45) is 10.7 Å². The number of aliphatic hydroxyl groups is 1. The van der Waals surface area contributed by atoms with Crippen LogP contribution in [0.5, 0.6) is 0 Å². The number of aliphatic imine (C=N–C) groups is 1. The Hall–Kier alpha value is -0.875. The number of rotatable bonds is 6. The standard InChI is InChI=1S/C12H20BN2O2S/c1-9(12(2,3)16)17-13-10(6-14)7-15-11-4-5-18-8-11/h6-7,11,16H,1,4-5,8,14H2,2-3H3. The molecule has 0 aromatic carbocycles. The van der Waals surface area contributed by atoms with Crippen LogP contribution in [0.1, 0.15) is 20.3 Å². The second kappa shape index (κ2) is 6.90. The summed E-state index contributed by atoms with van der Waals surface area (Å²) >= 11 is 1.91. The molecule has 1 atom stereocenters. The minimum absolute atomic E-state index is 0.270. The summed E-state index contributed by atoms with van der Waals surface area (Å²) in [5.74, 6) is 2.50. The topological polar surface area (TPSA) is 67.8 Å². The number of nitrogens with zero attached hydrogens (tertiary/aromatic N) is 1. The summed E-state index contributed by atoms with van der Waals surface area (Å²) in [7, 11) is 1.45. The zero-order chi connectivity index (χ0) is 13.6. The molecule has 1 radical (unpaired) electrons. The molecular weight excluding hydrogens is 247 g/mol. The van der Waals surface area contributed by atoms with Gasteiger partial charge in [0.05, 0.1) is 11.8 Å². The van der Waals surface area contributed by atoms with Crippen molar-refractivity contribution in [1.29, 1.82) is 0 Å². The number of nitrogens with two attached hydrogens (primary N) is 1. The normalized spacial score (nSPS) is 21.3. The van der Waals surface area contributed by atoms with Gasteiger partial charge in [0.1, 0.15) is 5.60 Å². The maximum absolute atomic E-state index is 9.64. The molecule has 18 heavy (non-hydrogen) atoms. The predicted molar refractivity (Wildman–Crippen MR) is 78.8 cm³/mol. The van der Waals surface area contributed by atoms with E-state index < -0.39 is 5.60 Å². The largest absolute Gasteiger partial charge is 0.559 e. The first-order valence-corrected chi connectivity index (χ1v) is 7.03. The van der Waals surface area contributed by atoms with Crippen LogP contribution >= 0.6 is 11.8 Å². The quantitative estimate of drug-likeness (QED) is 0.432. The molecule has 1 unspecified atom stereocenters. The first kappa shape index (κ1) is 15.2. The maximum atomic E-state index is 9.64. The van der Waals surface area contributed by atoms with Crippen molar-refractivity contribution in [3.05, 3.63) is 24.0 Å². The Morgan fingerprint density at radius 2 is 2.39 bits per heavy atom. The van der Waals surface area contributed by atoms with E-state index in [0.29, 0.717) is 11.5 Å². The Morgan fingerprint density at radius 3 is 2.89 bits per heavy atom. The van der Waals surface area contributed by atoms with Crippen LogP contribution in [0.4, 0.5) is 0 Å². The predicted octanol–water partition coefficient (Wildman–Crippen LogP) is 1.28. The van der Waals surface area contributed by atoms with Crippen LogP contribution in [0.15, 0.2) is 29.0 Å². The molecule has 1 saturated heterocycles. The molecule has 0 saturated carbocycles. The Balaban J connectivity index is 2.41. The molecule has 0 amide bonds. The molecule has 3 N–H and O–H groups in total. The van der Waals surface area contributed by atoms with Crippen molar-refractivity contribution in [2.75, 3.05) is 11.5 Å². The van der Waals surface area contributed by atoms with Gasteiger partial charge >= 0.3 is 7.48 Å². The summed E-state index contributed by atoms with van der Waals surface area (Å²) in [5, 5.41) is 9.64. The monoisotopic (exact) mass is 267 g/mol. The van der Waals surface area contributed by atoms with Crippen LogP contribution < -0.4 is 5.73 Å². The van der Waals surface area contributed by atoms with Gasteiger partial charge < -0.3 is 15.5 Å². The fraction of sp³-hybridized carbons (Fsp3) is 0.583. The SMILES string of the molecule is C=C(O[B]C(C=NC1CCSC1)=CN)C(C)(C)O. The summed E-state index contributed by atoms with van der Waals surface area (Å²) in [4.78, 5) is 4.44. The Kier molecular flexibility index (Phi) is 5.82. The Morgan fingerprint density at radius 1 is 1.67 bits per heavy atom. The zero-order valence-corrected chi connectivity index (χ0v) is 11.7. The molecule has 4 nitrogen and oxygen atoms in total. The maximum Gasteiger partial charge on any atom is 0.411 e. The number of hydrogen-bond donors (Lipinski definition) is 2. The van der Waals surface area contributed by atoms with E-state index in [9.17, 15) is 5.11 Å². The van der Waals surface area contributed by atoms with Gasteiger partial charge in [0.25, 0.3) is 0 Å². The molecule has 0 aromatic heterocycles. The zero-order valence-electron chi connectivity index (χ0n) is 10.9. The Bertz CT molecular complexity index is 344. The van der Waals surface area contributed by atoms with Crippen molar-refractivity contribution in [3.8, 4) is 0 Å². The molecule has 99 valence electrons. The smallest absolute Gasteiger partial charge is 0.411 e. The lowest BCUT2D eigenvalue weighted by molar-refractivity contribution is 0.0801.